The van der Waals surface area contributed by atoms with Gasteiger partial charge in [0, 0.05) is 17.4 Å². The average Bonchev–Trinajstić information content (AvgIpc) is 3.43. The van der Waals surface area contributed by atoms with E-state index in [0.29, 0.717) is 18.0 Å². The third kappa shape index (κ3) is 5.20. The van der Waals surface area contributed by atoms with Crippen LogP contribution in [-0.4, -0.2) is 10.9 Å². The summed E-state index contributed by atoms with van der Waals surface area (Å²) in [5.74, 6) is 0.0427. The summed E-state index contributed by atoms with van der Waals surface area (Å²) >= 11 is 3.09. The summed E-state index contributed by atoms with van der Waals surface area (Å²) < 4.78 is 19.5. The highest BCUT2D eigenvalue weighted by Gasteiger charge is 2.43. The Balaban J connectivity index is 1.49. The van der Waals surface area contributed by atoms with Gasteiger partial charge in [-0.15, -0.1) is 0 Å². The van der Waals surface area contributed by atoms with Crippen LogP contribution in [-0.2, 0) is 10.3 Å². The number of hydrogen-bond donors (Lipinski definition) is 1. The first kappa shape index (κ1) is 25.2. The minimum absolute atomic E-state index is 0.115. The van der Waals surface area contributed by atoms with E-state index < -0.39 is 5.54 Å². The molecule has 2 atom stereocenters. The van der Waals surface area contributed by atoms with E-state index in [1.54, 1.807) is 29.5 Å². The SMILES string of the molecule is CC1=C(Sc2ccccc2C)C(=O)NC(c2ccsc2)(c2cccc(OC(C)c3ccc(F)cc3)n2)C1. The summed E-state index contributed by atoms with van der Waals surface area (Å²) in [6, 6.07) is 22.0. The second kappa shape index (κ2) is 10.5. The Hall–Kier alpha value is -3.42. The van der Waals surface area contributed by atoms with Crippen LogP contribution in [0.3, 0.4) is 0 Å². The van der Waals surface area contributed by atoms with Gasteiger partial charge in [-0.25, -0.2) is 9.37 Å². The molecule has 3 heterocycles. The number of nitrogens with zero attached hydrogens (tertiary/aromatic N) is 1. The van der Waals surface area contributed by atoms with Gasteiger partial charge in [0.2, 0.25) is 5.88 Å². The summed E-state index contributed by atoms with van der Waals surface area (Å²) in [5, 5.41) is 7.39. The van der Waals surface area contributed by atoms with E-state index in [1.165, 1.54) is 23.9 Å². The molecule has 0 bridgehead atoms. The predicted octanol–water partition coefficient (Wildman–Crippen LogP) is 7.56. The van der Waals surface area contributed by atoms with Gasteiger partial charge < -0.3 is 10.1 Å². The van der Waals surface area contributed by atoms with E-state index in [1.807, 2.05) is 55.6 Å². The zero-order valence-corrected chi connectivity index (χ0v) is 22.5. The van der Waals surface area contributed by atoms with Crippen LogP contribution in [0.15, 0.2) is 98.9 Å². The molecule has 37 heavy (non-hydrogen) atoms. The predicted molar refractivity (Wildman–Crippen MR) is 147 cm³/mol. The second-order valence-electron chi connectivity index (χ2n) is 9.20. The number of halogens is 1. The number of thiophene rings is 1. The van der Waals surface area contributed by atoms with Gasteiger partial charge in [0.05, 0.1) is 10.6 Å². The van der Waals surface area contributed by atoms with Crippen molar-refractivity contribution in [2.75, 3.05) is 0 Å². The molecule has 2 aromatic heterocycles. The van der Waals surface area contributed by atoms with Gasteiger partial charge in [-0.2, -0.15) is 11.3 Å². The van der Waals surface area contributed by atoms with Gasteiger partial charge in [-0.05, 0) is 78.6 Å². The number of carbonyl (C=O) groups is 1. The van der Waals surface area contributed by atoms with E-state index in [9.17, 15) is 9.18 Å². The van der Waals surface area contributed by atoms with Crippen LogP contribution in [0, 0.1) is 12.7 Å². The van der Waals surface area contributed by atoms with E-state index in [2.05, 4.69) is 23.7 Å². The Morgan fingerprint density at radius 3 is 2.54 bits per heavy atom. The number of carbonyl (C=O) groups excluding carboxylic acids is 1. The first-order chi connectivity index (χ1) is 17.9. The zero-order chi connectivity index (χ0) is 26.0. The fourth-order valence-corrected chi connectivity index (χ4v) is 6.28. The molecular formula is C30H27FN2O2S2. The molecule has 0 saturated carbocycles. The molecule has 4 aromatic rings. The molecule has 1 aliphatic rings. The van der Waals surface area contributed by atoms with E-state index in [4.69, 9.17) is 9.72 Å². The number of pyridine rings is 1. The van der Waals surface area contributed by atoms with Crippen molar-refractivity contribution in [3.05, 3.63) is 122 Å². The van der Waals surface area contributed by atoms with Gasteiger partial charge >= 0.3 is 0 Å². The number of hydrogen-bond acceptors (Lipinski definition) is 5. The highest BCUT2D eigenvalue weighted by Crippen LogP contribution is 2.44. The first-order valence-corrected chi connectivity index (χ1v) is 13.8. The second-order valence-corrected chi connectivity index (χ2v) is 11.0. The van der Waals surface area contributed by atoms with Crippen LogP contribution in [0.4, 0.5) is 4.39 Å². The highest BCUT2D eigenvalue weighted by molar-refractivity contribution is 8.04. The van der Waals surface area contributed by atoms with Crippen molar-refractivity contribution in [2.24, 2.45) is 0 Å². The number of nitrogens with one attached hydrogen (secondary N) is 1. The summed E-state index contributed by atoms with van der Waals surface area (Å²) in [7, 11) is 0. The van der Waals surface area contributed by atoms with Crippen LogP contribution in [0.1, 0.15) is 48.8 Å². The monoisotopic (exact) mass is 530 g/mol. The maximum atomic E-state index is 13.6. The molecule has 0 radical (unpaired) electrons. The maximum absolute atomic E-state index is 13.6. The Morgan fingerprint density at radius 2 is 1.84 bits per heavy atom. The zero-order valence-electron chi connectivity index (χ0n) is 20.8. The molecule has 0 saturated heterocycles. The number of amides is 1. The normalized spacial score (nSPS) is 18.4. The molecule has 2 unspecified atom stereocenters. The molecule has 0 fully saturated rings. The minimum atomic E-state index is -0.810. The van der Waals surface area contributed by atoms with Crippen molar-refractivity contribution in [3.8, 4) is 5.88 Å². The van der Waals surface area contributed by atoms with Crippen molar-refractivity contribution in [1.29, 1.82) is 0 Å². The number of benzene rings is 2. The lowest BCUT2D eigenvalue weighted by molar-refractivity contribution is -0.119. The van der Waals surface area contributed by atoms with Crippen LogP contribution >= 0.6 is 23.1 Å². The average molecular weight is 531 g/mol. The molecule has 2 aromatic carbocycles. The highest BCUT2D eigenvalue weighted by atomic mass is 32.2. The molecule has 4 nitrogen and oxygen atoms in total. The first-order valence-electron chi connectivity index (χ1n) is 12.0. The Labute approximate surface area is 224 Å². The maximum Gasteiger partial charge on any atom is 0.259 e. The quantitative estimate of drug-likeness (QED) is 0.268. The van der Waals surface area contributed by atoms with Gasteiger partial charge in [-0.1, -0.05) is 53.7 Å². The summed E-state index contributed by atoms with van der Waals surface area (Å²) in [6.07, 6.45) is 0.272. The van der Waals surface area contributed by atoms with Crippen molar-refractivity contribution >= 4 is 29.0 Å². The van der Waals surface area contributed by atoms with Crippen LogP contribution < -0.4 is 10.1 Å². The topological polar surface area (TPSA) is 51.2 Å². The van der Waals surface area contributed by atoms with Crippen molar-refractivity contribution in [3.63, 3.8) is 0 Å². The molecule has 0 spiro atoms. The number of thioether (sulfide) groups is 1. The Kier molecular flexibility index (Phi) is 7.17. The Morgan fingerprint density at radius 1 is 1.05 bits per heavy atom. The Bertz CT molecular complexity index is 1450. The summed E-state index contributed by atoms with van der Waals surface area (Å²) in [5.41, 5.74) is 3.88. The number of ether oxygens (including phenoxy) is 1. The van der Waals surface area contributed by atoms with Crippen LogP contribution in [0.5, 0.6) is 5.88 Å². The number of aromatic nitrogens is 1. The van der Waals surface area contributed by atoms with Gasteiger partial charge in [0.1, 0.15) is 17.5 Å². The molecule has 1 N–H and O–H groups in total. The number of aryl methyl sites for hydroxylation is 1. The molecule has 1 aliphatic heterocycles. The van der Waals surface area contributed by atoms with Crippen LogP contribution in [0.2, 0.25) is 0 Å². The van der Waals surface area contributed by atoms with Crippen molar-refractivity contribution in [2.45, 2.75) is 43.7 Å². The van der Waals surface area contributed by atoms with Crippen molar-refractivity contribution in [1.82, 2.24) is 10.3 Å². The third-order valence-corrected chi connectivity index (χ3v) is 8.67. The van der Waals surface area contributed by atoms with E-state index in [0.717, 1.165) is 32.1 Å². The largest absolute Gasteiger partial charge is 0.470 e. The molecule has 1 amide bonds. The van der Waals surface area contributed by atoms with Crippen LogP contribution in [0.25, 0.3) is 0 Å². The minimum Gasteiger partial charge on any atom is -0.470 e. The lowest BCUT2D eigenvalue weighted by atomic mass is 9.80. The molecule has 0 aliphatic carbocycles. The van der Waals surface area contributed by atoms with Crippen molar-refractivity contribution < 1.29 is 13.9 Å². The van der Waals surface area contributed by atoms with E-state index in [-0.39, 0.29) is 17.8 Å². The lowest BCUT2D eigenvalue weighted by Gasteiger charge is -2.38. The molecule has 5 rings (SSSR count). The number of rotatable bonds is 7. The standard InChI is InChI=1S/C30H27FN2O2S2/c1-19-7-4-5-8-25(19)37-28-20(2)17-30(33-29(28)34,23-15-16-36-18-23)26-9-6-10-27(32-26)35-21(3)22-11-13-24(31)14-12-22/h4-16,18,21H,17H2,1-3H3,(H,33,34). The van der Waals surface area contributed by atoms with Gasteiger partial charge in [-0.3, -0.25) is 4.79 Å². The fraction of sp³-hybridized carbons (Fsp3) is 0.200. The van der Waals surface area contributed by atoms with E-state index >= 15 is 0 Å². The van der Waals surface area contributed by atoms with Gasteiger partial charge in [0.25, 0.3) is 5.91 Å². The fourth-order valence-electron chi connectivity index (χ4n) is 4.57. The molecular weight excluding hydrogens is 503 g/mol. The van der Waals surface area contributed by atoms with Gasteiger partial charge in [0.15, 0.2) is 0 Å². The third-order valence-electron chi connectivity index (χ3n) is 6.57. The summed E-state index contributed by atoms with van der Waals surface area (Å²) in [6.45, 7) is 5.98. The summed E-state index contributed by atoms with van der Waals surface area (Å²) in [4.78, 5) is 20.3. The molecule has 188 valence electrons. The molecule has 7 heteroatoms. The lowest BCUT2D eigenvalue weighted by Crippen LogP contribution is -2.50. The smallest absolute Gasteiger partial charge is 0.259 e.